The van der Waals surface area contributed by atoms with Crippen molar-refractivity contribution in [3.05, 3.63) is 141 Å². The molecule has 0 unspecified atom stereocenters. The van der Waals surface area contributed by atoms with Gasteiger partial charge in [-0.15, -0.1) is 22.7 Å². The van der Waals surface area contributed by atoms with E-state index in [1.807, 2.05) is 62.6 Å². The van der Waals surface area contributed by atoms with E-state index in [9.17, 15) is 19.2 Å². The van der Waals surface area contributed by atoms with Gasteiger partial charge in [0.05, 0.1) is 104 Å². The van der Waals surface area contributed by atoms with Gasteiger partial charge in [0.1, 0.15) is 11.9 Å². The van der Waals surface area contributed by atoms with Crippen LogP contribution in [0.2, 0.25) is 0 Å². The number of methoxy groups -OCH3 is 4. The monoisotopic (exact) mass is 1240 g/mol. The molecule has 18 heteroatoms. The molecular weight excluding hydrogens is 1170 g/mol. The minimum Gasteiger partial charge on any atom is -1.00 e. The molecule has 12 rings (SSSR count). The Bertz CT molecular complexity index is 4080. The van der Waals surface area contributed by atoms with E-state index in [0.717, 1.165) is 116 Å². The molecule has 0 aliphatic heterocycles. The third-order valence-corrected chi connectivity index (χ3v) is 18.5. The van der Waals surface area contributed by atoms with Gasteiger partial charge in [-0.05, 0) is 148 Å². The van der Waals surface area contributed by atoms with E-state index in [0.29, 0.717) is 23.0 Å². The van der Waals surface area contributed by atoms with Gasteiger partial charge in [-0.3, -0.25) is 9.59 Å². The molecule has 6 heterocycles. The van der Waals surface area contributed by atoms with Crippen molar-refractivity contribution in [1.29, 1.82) is 0 Å². The minimum absolute atomic E-state index is 0. The number of hydrogen-bond acceptors (Lipinski definition) is 14. The Morgan fingerprint density at radius 3 is 1.56 bits per heavy atom. The number of fused-ring (bicyclic) bond motifs is 4. The number of thiazole rings is 2. The minimum atomic E-state index is -0.405. The van der Waals surface area contributed by atoms with Crippen LogP contribution in [0.3, 0.4) is 0 Å². The Kier molecular flexibility index (Phi) is 20.4. The number of benzene rings is 4. The van der Waals surface area contributed by atoms with Crippen molar-refractivity contribution in [3.8, 4) is 43.7 Å². The summed E-state index contributed by atoms with van der Waals surface area (Å²) in [6.07, 6.45) is 12.0. The van der Waals surface area contributed by atoms with Crippen LogP contribution in [0.15, 0.2) is 97.1 Å². The fourth-order valence-corrected chi connectivity index (χ4v) is 14.0. The van der Waals surface area contributed by atoms with E-state index in [-0.39, 0.29) is 60.8 Å². The van der Waals surface area contributed by atoms with E-state index in [1.165, 1.54) is 96.3 Å². The molecule has 2 saturated carbocycles. The second kappa shape index (κ2) is 27.6. The molecule has 84 heavy (non-hydrogen) atoms. The number of aromatic amines is 1. The zero-order valence-electron chi connectivity index (χ0n) is 50.1. The van der Waals surface area contributed by atoms with E-state index in [4.69, 9.17) is 24.2 Å². The average molecular weight is 1240 g/mol. The van der Waals surface area contributed by atoms with Crippen molar-refractivity contribution in [2.75, 3.05) is 33.8 Å². The SMILES string of the molecule is COC(=O)CBr.COC(=O)Cn1c(-c2ccc3nc(-c4sc(C)nc4C)ccc3c2)c(C2CCCCC2)c2ccc(C(=O)OC)cc21.COC(=O)c1ccc2c(C3CCCCC3)c(-c3ccc4nc(-c5sc(C)nc5C)ccc4c3)[nH]c2c1.[H-].[Na+]. The van der Waals surface area contributed by atoms with Crippen molar-refractivity contribution >= 4 is 106 Å². The zero-order chi connectivity index (χ0) is 58.5. The summed E-state index contributed by atoms with van der Waals surface area (Å²) in [7, 11) is 5.56. The first-order valence-corrected chi connectivity index (χ1v) is 30.8. The van der Waals surface area contributed by atoms with Crippen LogP contribution in [-0.4, -0.2) is 87.1 Å². The molecule has 0 amide bonds. The maximum Gasteiger partial charge on any atom is 1.00 e. The Morgan fingerprint density at radius 2 is 1.07 bits per heavy atom. The number of aromatic nitrogens is 6. The van der Waals surface area contributed by atoms with Crippen molar-refractivity contribution in [3.63, 3.8) is 0 Å². The Labute approximate surface area is 529 Å². The third-order valence-electron chi connectivity index (χ3n) is 15.9. The van der Waals surface area contributed by atoms with Crippen LogP contribution in [0.1, 0.15) is 131 Å². The van der Waals surface area contributed by atoms with Crippen molar-refractivity contribution in [2.45, 2.75) is 110 Å². The normalized spacial score (nSPS) is 13.6. The molecule has 0 bridgehead atoms. The Hall–Kier alpha value is -6.60. The molecule has 2 aliphatic rings. The predicted octanol–water partition coefficient (Wildman–Crippen LogP) is 13.2. The van der Waals surface area contributed by atoms with Crippen LogP contribution in [0, 0.1) is 27.7 Å². The number of hydrogen-bond donors (Lipinski definition) is 1. The summed E-state index contributed by atoms with van der Waals surface area (Å²) in [5.74, 6) is -0.430. The first-order chi connectivity index (χ1) is 40.2. The molecule has 0 saturated heterocycles. The molecule has 0 radical (unpaired) electrons. The maximum atomic E-state index is 12.7. The second-order valence-corrected chi connectivity index (χ2v) is 24.2. The first-order valence-electron chi connectivity index (χ1n) is 28.1. The van der Waals surface area contributed by atoms with E-state index in [2.05, 4.69) is 102 Å². The zero-order valence-corrected chi connectivity index (χ0v) is 54.3. The molecule has 6 aromatic heterocycles. The van der Waals surface area contributed by atoms with Crippen molar-refractivity contribution < 1.29 is 69.1 Å². The molecule has 14 nitrogen and oxygen atoms in total. The van der Waals surface area contributed by atoms with Crippen LogP contribution in [0.4, 0.5) is 0 Å². The number of aryl methyl sites for hydroxylation is 4. The van der Waals surface area contributed by atoms with Crippen LogP contribution in [0.5, 0.6) is 0 Å². The van der Waals surface area contributed by atoms with Gasteiger partial charge in [0.15, 0.2) is 0 Å². The van der Waals surface area contributed by atoms with Crippen molar-refractivity contribution in [2.24, 2.45) is 0 Å². The average Bonchev–Trinajstić information content (AvgIpc) is 3.34. The maximum absolute atomic E-state index is 12.7. The Morgan fingerprint density at radius 1 is 0.571 bits per heavy atom. The van der Waals surface area contributed by atoms with E-state index >= 15 is 0 Å². The largest absolute Gasteiger partial charge is 1.00 e. The third kappa shape index (κ3) is 13.3. The van der Waals surface area contributed by atoms with Gasteiger partial charge in [0.2, 0.25) is 0 Å². The summed E-state index contributed by atoms with van der Waals surface area (Å²) in [6, 6.07) is 32.8. The predicted molar refractivity (Wildman–Crippen MR) is 336 cm³/mol. The summed E-state index contributed by atoms with van der Waals surface area (Å²) in [4.78, 5) is 72.3. The molecular formula is C66H68BrN6NaO8S2. The fourth-order valence-electron chi connectivity index (χ4n) is 12.0. The Balaban J connectivity index is 0.000000199. The number of carbonyl (C=O) groups is 4. The van der Waals surface area contributed by atoms with Gasteiger partial charge >= 0.3 is 53.4 Å². The van der Waals surface area contributed by atoms with Gasteiger partial charge in [-0.1, -0.05) is 90.9 Å². The number of alkyl halides is 1. The number of H-pyrrole nitrogens is 1. The fraction of sp³-hybridized carbons (Fsp3) is 0.333. The van der Waals surface area contributed by atoms with Gasteiger partial charge in [-0.2, -0.15) is 0 Å². The topological polar surface area (TPSA) is 177 Å². The first kappa shape index (κ1) is 61.9. The molecule has 2 aliphatic carbocycles. The summed E-state index contributed by atoms with van der Waals surface area (Å²) < 4.78 is 21.3. The van der Waals surface area contributed by atoms with Crippen molar-refractivity contribution in [1.82, 2.24) is 29.5 Å². The number of halogens is 1. The number of carbonyl (C=O) groups excluding carboxylic acids is 4. The summed E-state index contributed by atoms with van der Waals surface area (Å²) in [5.41, 5.74) is 15.6. The van der Waals surface area contributed by atoms with Crippen LogP contribution in [0.25, 0.3) is 87.3 Å². The van der Waals surface area contributed by atoms with Crippen LogP contribution < -0.4 is 29.6 Å². The van der Waals surface area contributed by atoms with Gasteiger partial charge in [0.25, 0.3) is 0 Å². The molecule has 2 fully saturated rings. The molecule has 10 aromatic rings. The molecule has 430 valence electrons. The van der Waals surface area contributed by atoms with Crippen LogP contribution >= 0.6 is 38.6 Å². The van der Waals surface area contributed by atoms with Crippen LogP contribution in [-0.2, 0) is 35.1 Å². The van der Waals surface area contributed by atoms with Gasteiger partial charge < -0.3 is 29.9 Å². The number of nitrogens with one attached hydrogen (secondary N) is 1. The smallest absolute Gasteiger partial charge is 1.00 e. The molecule has 1 N–H and O–H groups in total. The van der Waals surface area contributed by atoms with E-state index in [1.54, 1.807) is 22.7 Å². The number of esters is 4. The number of ether oxygens (including phenoxy) is 4. The second-order valence-electron chi connectivity index (χ2n) is 21.2. The number of nitrogens with zero attached hydrogens (tertiary/aromatic N) is 5. The van der Waals surface area contributed by atoms with Gasteiger partial charge in [0, 0.05) is 32.8 Å². The number of rotatable bonds is 11. The molecule has 4 aromatic carbocycles. The van der Waals surface area contributed by atoms with Gasteiger partial charge in [-0.25, -0.2) is 29.5 Å². The summed E-state index contributed by atoms with van der Waals surface area (Å²) in [6.45, 7) is 8.15. The van der Waals surface area contributed by atoms with E-state index < -0.39 is 5.97 Å². The molecule has 0 atom stereocenters. The standard InChI is InChI=1S/C33H33N3O4S.C30H29N3O2S.C3H5BrO2.Na.H/c1-19-32(41-20(2)34-19)27-15-11-22-16-23(12-14-26(22)35-27)31-30(21-8-6-5-7-9-21)25-13-10-24(33(38)40-4)17-28(25)36(31)18-29(37)39-3;1-17-29(36-18(2)31-17)25-14-10-20-15-21(11-13-24(20)32-25)28-27(19-7-5-4-6-8-19)23-12-9-22(30(34)35-3)16-26(23)33-28;1-6-3(5)2-4;;/h10-17,21H,5-9,18H2,1-4H3;9-16,19,33H,4-8H2,1-3H3;2H2,1H3;;/q;;;+1;-1. The summed E-state index contributed by atoms with van der Waals surface area (Å²) >= 11 is 6.25. The quantitative estimate of drug-likeness (QED) is 0.0562. The molecule has 0 spiro atoms. The summed E-state index contributed by atoms with van der Waals surface area (Å²) in [5, 5.41) is 6.76. The number of pyridine rings is 2.